The highest BCUT2D eigenvalue weighted by Gasteiger charge is 2.35. The van der Waals surface area contributed by atoms with Crippen LogP contribution in [0, 0.1) is 5.41 Å². The standard InChI is InChI=1S/C21H27N5O4S/c1-21(11-27)10-26-19(30-12-21)17(9-23-26)31(22,29)25-20(28)24-18-15-6-2-4-13(15)8-14-5-3-7-16(14)18/h8-9,27H,2-7,10-12H2,1H3,(H3,22,24,25,28,29)/t21-,31+/m0/s1. The minimum Gasteiger partial charge on any atom is -0.476 e. The fourth-order valence-corrected chi connectivity index (χ4v) is 5.83. The Hall–Kier alpha value is -2.43. The van der Waals surface area contributed by atoms with Crippen LogP contribution in [0.1, 0.15) is 42.0 Å². The van der Waals surface area contributed by atoms with Crippen molar-refractivity contribution in [2.75, 3.05) is 18.5 Å². The number of nitrogens with one attached hydrogen (secondary N) is 1. The van der Waals surface area contributed by atoms with E-state index in [0.717, 1.165) is 44.2 Å². The van der Waals surface area contributed by atoms with Crippen LogP contribution in [0.25, 0.3) is 0 Å². The van der Waals surface area contributed by atoms with Gasteiger partial charge in [0.2, 0.25) is 5.88 Å². The number of ether oxygens (including phenoxy) is 1. The summed E-state index contributed by atoms with van der Waals surface area (Å²) in [7, 11) is -3.56. The van der Waals surface area contributed by atoms with Crippen molar-refractivity contribution in [3.8, 4) is 5.88 Å². The summed E-state index contributed by atoms with van der Waals surface area (Å²) in [6, 6.07) is 1.55. The molecule has 9 nitrogen and oxygen atoms in total. The molecule has 1 aliphatic heterocycles. The van der Waals surface area contributed by atoms with Crippen LogP contribution in [-0.2, 0) is 42.1 Å². The lowest BCUT2D eigenvalue weighted by molar-refractivity contribution is 0.0287. The zero-order valence-electron chi connectivity index (χ0n) is 17.5. The third-order valence-electron chi connectivity index (χ3n) is 6.47. The molecule has 0 unspecified atom stereocenters. The number of anilines is 1. The van der Waals surface area contributed by atoms with Gasteiger partial charge in [-0.15, -0.1) is 4.36 Å². The van der Waals surface area contributed by atoms with Crippen LogP contribution in [0.2, 0.25) is 0 Å². The molecular weight excluding hydrogens is 418 g/mol. The molecule has 1 aromatic heterocycles. The number of nitrogens with zero attached hydrogens (tertiary/aromatic N) is 3. The summed E-state index contributed by atoms with van der Waals surface area (Å²) >= 11 is 0. The second-order valence-corrected chi connectivity index (χ2v) is 10.8. The van der Waals surface area contributed by atoms with Gasteiger partial charge >= 0.3 is 6.03 Å². The third-order valence-corrected chi connectivity index (χ3v) is 7.82. The van der Waals surface area contributed by atoms with Crippen molar-refractivity contribution in [3.63, 3.8) is 0 Å². The summed E-state index contributed by atoms with van der Waals surface area (Å²) in [6.07, 6.45) is 7.34. The molecule has 3 aliphatic rings. The molecule has 0 saturated heterocycles. The number of hydrogen-bond acceptors (Lipinski definition) is 5. The number of aryl methyl sites for hydroxylation is 2. The van der Waals surface area contributed by atoms with Crippen LogP contribution in [0.5, 0.6) is 5.88 Å². The number of benzene rings is 1. The predicted molar refractivity (Wildman–Crippen MR) is 115 cm³/mol. The summed E-state index contributed by atoms with van der Waals surface area (Å²) in [5.74, 6) is 0.233. The van der Waals surface area contributed by atoms with E-state index in [4.69, 9.17) is 9.88 Å². The molecule has 31 heavy (non-hydrogen) atoms. The van der Waals surface area contributed by atoms with E-state index in [9.17, 15) is 14.1 Å². The van der Waals surface area contributed by atoms with Gasteiger partial charge in [0.05, 0.1) is 26.0 Å². The van der Waals surface area contributed by atoms with Crippen LogP contribution >= 0.6 is 0 Å². The number of fused-ring (bicyclic) bond motifs is 3. The molecule has 2 aliphatic carbocycles. The molecule has 0 bridgehead atoms. The van der Waals surface area contributed by atoms with Crippen molar-refractivity contribution in [2.45, 2.75) is 56.9 Å². The first-order chi connectivity index (χ1) is 14.8. The van der Waals surface area contributed by atoms with Gasteiger partial charge < -0.3 is 15.2 Å². The second-order valence-electron chi connectivity index (χ2n) is 9.05. The topological polar surface area (TPSA) is 132 Å². The van der Waals surface area contributed by atoms with Crippen LogP contribution in [0.4, 0.5) is 10.5 Å². The molecule has 0 fully saturated rings. The number of aromatic nitrogens is 2. The number of carbonyl (C=O) groups excluding carboxylic acids is 1. The number of hydrogen-bond donors (Lipinski definition) is 3. The Bertz CT molecular complexity index is 1160. The van der Waals surface area contributed by atoms with Crippen molar-refractivity contribution in [1.29, 1.82) is 0 Å². The third kappa shape index (κ3) is 3.52. The number of aliphatic hydroxyl groups is 1. The van der Waals surface area contributed by atoms with Gasteiger partial charge in [-0.25, -0.2) is 18.8 Å². The summed E-state index contributed by atoms with van der Waals surface area (Å²) in [4.78, 5) is 12.9. The summed E-state index contributed by atoms with van der Waals surface area (Å²) in [6.45, 7) is 2.42. The quantitative estimate of drug-likeness (QED) is 0.666. The Balaban J connectivity index is 1.45. The zero-order chi connectivity index (χ0) is 21.8. The van der Waals surface area contributed by atoms with Gasteiger partial charge in [0.1, 0.15) is 4.90 Å². The predicted octanol–water partition coefficient (Wildman–Crippen LogP) is 2.18. The molecule has 166 valence electrons. The first kappa shape index (κ1) is 20.5. The number of aliphatic hydroxyl groups excluding tert-OH is 1. The molecule has 2 heterocycles. The van der Waals surface area contributed by atoms with E-state index in [2.05, 4.69) is 20.8 Å². The van der Waals surface area contributed by atoms with Gasteiger partial charge in [0, 0.05) is 11.1 Å². The molecular formula is C21H27N5O4S. The number of amides is 2. The largest absolute Gasteiger partial charge is 0.476 e. The molecule has 0 saturated carbocycles. The molecule has 2 aromatic rings. The smallest absolute Gasteiger partial charge is 0.354 e. The van der Waals surface area contributed by atoms with Gasteiger partial charge in [-0.05, 0) is 60.8 Å². The van der Waals surface area contributed by atoms with Gasteiger partial charge in [-0.2, -0.15) is 5.10 Å². The van der Waals surface area contributed by atoms with E-state index in [1.165, 1.54) is 33.1 Å². The molecule has 5 rings (SSSR count). The van der Waals surface area contributed by atoms with E-state index >= 15 is 0 Å². The Morgan fingerprint density at radius 2 is 2.00 bits per heavy atom. The second kappa shape index (κ2) is 7.32. The summed E-state index contributed by atoms with van der Waals surface area (Å²) in [5.41, 5.74) is 5.25. The molecule has 0 spiro atoms. The lowest BCUT2D eigenvalue weighted by Gasteiger charge is -2.32. The summed E-state index contributed by atoms with van der Waals surface area (Å²) in [5, 5.41) is 22.6. The minimum absolute atomic E-state index is 0.0713. The minimum atomic E-state index is -3.56. The van der Waals surface area contributed by atoms with Crippen molar-refractivity contribution >= 4 is 21.6 Å². The Morgan fingerprint density at radius 1 is 1.32 bits per heavy atom. The van der Waals surface area contributed by atoms with Gasteiger partial charge in [0.15, 0.2) is 9.92 Å². The number of carbonyl (C=O) groups is 1. The van der Waals surface area contributed by atoms with Gasteiger partial charge in [-0.3, -0.25) is 0 Å². The maximum Gasteiger partial charge on any atom is 0.354 e. The maximum absolute atomic E-state index is 13.2. The normalized spacial score (nSPS) is 23.3. The number of rotatable bonds is 3. The van der Waals surface area contributed by atoms with E-state index < -0.39 is 21.4 Å². The lowest BCUT2D eigenvalue weighted by Crippen LogP contribution is -2.38. The zero-order valence-corrected chi connectivity index (χ0v) is 18.3. The van der Waals surface area contributed by atoms with Crippen molar-refractivity contribution in [3.05, 3.63) is 34.5 Å². The van der Waals surface area contributed by atoms with E-state index in [0.29, 0.717) is 6.54 Å². The van der Waals surface area contributed by atoms with Gasteiger partial charge in [-0.1, -0.05) is 13.0 Å². The van der Waals surface area contributed by atoms with Crippen molar-refractivity contribution in [2.24, 2.45) is 14.9 Å². The Morgan fingerprint density at radius 3 is 2.65 bits per heavy atom. The molecule has 0 radical (unpaired) electrons. The first-order valence-corrected chi connectivity index (χ1v) is 12.2. The number of urea groups is 1. The number of nitrogens with two attached hydrogens (primary N) is 1. The van der Waals surface area contributed by atoms with E-state index in [-0.39, 0.29) is 24.0 Å². The highest BCUT2D eigenvalue weighted by atomic mass is 32.2. The summed E-state index contributed by atoms with van der Waals surface area (Å²) < 4.78 is 24.2. The molecule has 2 amide bonds. The van der Waals surface area contributed by atoms with E-state index in [1.807, 2.05) is 6.92 Å². The van der Waals surface area contributed by atoms with Crippen molar-refractivity contribution < 1.29 is 18.8 Å². The highest BCUT2D eigenvalue weighted by Crippen LogP contribution is 2.39. The van der Waals surface area contributed by atoms with E-state index in [1.54, 1.807) is 0 Å². The molecule has 10 heteroatoms. The average molecular weight is 446 g/mol. The molecule has 4 N–H and O–H groups in total. The Kier molecular flexibility index (Phi) is 4.83. The van der Waals surface area contributed by atoms with Gasteiger partial charge in [0.25, 0.3) is 0 Å². The van der Waals surface area contributed by atoms with Crippen LogP contribution in [0.15, 0.2) is 21.5 Å². The van der Waals surface area contributed by atoms with Crippen LogP contribution in [-0.4, -0.2) is 38.3 Å². The highest BCUT2D eigenvalue weighted by molar-refractivity contribution is 7.91. The first-order valence-electron chi connectivity index (χ1n) is 10.6. The van der Waals surface area contributed by atoms with Crippen LogP contribution in [0.3, 0.4) is 0 Å². The fourth-order valence-electron chi connectivity index (χ4n) is 4.83. The fraction of sp³-hybridized carbons (Fsp3) is 0.524. The Labute approximate surface area is 181 Å². The average Bonchev–Trinajstić information content (AvgIpc) is 3.46. The van der Waals surface area contributed by atoms with Crippen molar-refractivity contribution in [1.82, 2.24) is 9.78 Å². The molecule has 2 atom stereocenters. The monoisotopic (exact) mass is 445 g/mol. The SMILES string of the molecule is C[C@]1(CO)COc2c([S@](N)(=O)=NC(=O)Nc3c4c(cc5c3CCC5)CCC4)cnn2C1. The van der Waals surface area contributed by atoms with Crippen LogP contribution < -0.4 is 15.2 Å². The maximum atomic E-state index is 13.2. The molecule has 1 aromatic carbocycles. The lowest BCUT2D eigenvalue weighted by atomic mass is 9.92.